The van der Waals surface area contributed by atoms with Crippen LogP contribution in [0.15, 0.2) is 18.3 Å². The van der Waals surface area contributed by atoms with Crippen molar-refractivity contribution in [1.82, 2.24) is 4.98 Å². The summed E-state index contributed by atoms with van der Waals surface area (Å²) < 4.78 is 5.68. The van der Waals surface area contributed by atoms with Crippen molar-refractivity contribution < 1.29 is 4.74 Å². The third-order valence-corrected chi connectivity index (χ3v) is 3.31. The van der Waals surface area contributed by atoms with Crippen molar-refractivity contribution in [2.45, 2.75) is 38.5 Å². The van der Waals surface area contributed by atoms with E-state index in [-0.39, 0.29) is 0 Å². The van der Waals surface area contributed by atoms with Gasteiger partial charge in [0, 0.05) is 12.3 Å². The summed E-state index contributed by atoms with van der Waals surface area (Å²) in [6, 6.07) is 5.49. The first-order chi connectivity index (χ1) is 8.38. The smallest absolute Gasteiger partial charge is 0.214 e. The Hall–Kier alpha value is -1.56. The van der Waals surface area contributed by atoms with Gasteiger partial charge in [0.2, 0.25) is 5.88 Å². The minimum Gasteiger partial charge on any atom is -0.477 e. The summed E-state index contributed by atoms with van der Waals surface area (Å²) >= 11 is 0. The third kappa shape index (κ3) is 3.74. The summed E-state index contributed by atoms with van der Waals surface area (Å²) in [5.74, 6) is 1.23. The Morgan fingerprint density at radius 3 is 2.76 bits per heavy atom. The lowest BCUT2D eigenvalue weighted by Crippen LogP contribution is -2.11. The molecule has 2 rings (SSSR count). The molecule has 1 aromatic heterocycles. The quantitative estimate of drug-likeness (QED) is 0.748. The van der Waals surface area contributed by atoms with Crippen LogP contribution in [-0.2, 0) is 0 Å². The molecule has 1 aromatic rings. The highest BCUT2D eigenvalue weighted by molar-refractivity contribution is 5.31. The number of pyridine rings is 1. The van der Waals surface area contributed by atoms with Gasteiger partial charge < -0.3 is 4.74 Å². The lowest BCUT2D eigenvalue weighted by Gasteiger charge is -2.14. The molecule has 17 heavy (non-hydrogen) atoms. The van der Waals surface area contributed by atoms with E-state index in [0.29, 0.717) is 17.4 Å². The summed E-state index contributed by atoms with van der Waals surface area (Å²) in [4.78, 5) is 4.12. The average molecular weight is 230 g/mol. The molecule has 0 unspecified atom stereocenters. The molecule has 1 saturated carbocycles. The van der Waals surface area contributed by atoms with Crippen molar-refractivity contribution in [2.75, 3.05) is 6.61 Å². The van der Waals surface area contributed by atoms with Gasteiger partial charge in [0.15, 0.2) is 0 Å². The van der Waals surface area contributed by atoms with E-state index >= 15 is 0 Å². The Morgan fingerprint density at radius 2 is 2.06 bits per heavy atom. The monoisotopic (exact) mass is 230 g/mol. The average Bonchev–Trinajstić information content (AvgIpc) is 2.65. The summed E-state index contributed by atoms with van der Waals surface area (Å²) in [6.07, 6.45) is 9.51. The predicted octanol–water partition coefficient (Wildman–Crippen LogP) is 3.30. The summed E-state index contributed by atoms with van der Waals surface area (Å²) in [7, 11) is 0. The zero-order valence-corrected chi connectivity index (χ0v) is 10.1. The van der Waals surface area contributed by atoms with E-state index in [1.165, 1.54) is 38.5 Å². The molecule has 0 atom stereocenters. The molecular formula is C14H18N2O. The van der Waals surface area contributed by atoms with Gasteiger partial charge >= 0.3 is 0 Å². The normalized spacial score (nSPS) is 17.1. The Kier molecular flexibility index (Phi) is 4.37. The van der Waals surface area contributed by atoms with Crippen molar-refractivity contribution in [3.63, 3.8) is 0 Å². The summed E-state index contributed by atoms with van der Waals surface area (Å²) in [5.41, 5.74) is 0.607. The van der Waals surface area contributed by atoms with Crippen LogP contribution in [0.5, 0.6) is 5.88 Å². The number of hydrogen-bond acceptors (Lipinski definition) is 3. The van der Waals surface area contributed by atoms with Crippen molar-refractivity contribution >= 4 is 0 Å². The highest BCUT2D eigenvalue weighted by atomic mass is 16.5. The largest absolute Gasteiger partial charge is 0.477 e. The van der Waals surface area contributed by atoms with E-state index in [4.69, 9.17) is 10.00 Å². The van der Waals surface area contributed by atoms with Crippen LogP contribution < -0.4 is 4.74 Å². The van der Waals surface area contributed by atoms with Crippen LogP contribution in [0, 0.1) is 17.2 Å². The molecule has 0 aromatic carbocycles. The number of hydrogen-bond donors (Lipinski definition) is 0. The fourth-order valence-electron chi connectivity index (χ4n) is 2.29. The second-order valence-electron chi connectivity index (χ2n) is 4.66. The lowest BCUT2D eigenvalue weighted by atomic mass is 10.0. The number of nitrogens with zero attached hydrogens (tertiary/aromatic N) is 2. The van der Waals surface area contributed by atoms with Crippen molar-refractivity contribution in [1.29, 1.82) is 5.26 Å². The molecule has 3 heteroatoms. The fourth-order valence-corrected chi connectivity index (χ4v) is 2.29. The first-order valence-corrected chi connectivity index (χ1v) is 6.37. The highest BCUT2D eigenvalue weighted by Crippen LogP contribution is 2.23. The Bertz CT molecular complexity index is 389. The second kappa shape index (κ2) is 6.24. The van der Waals surface area contributed by atoms with Crippen molar-refractivity contribution in [2.24, 2.45) is 5.92 Å². The van der Waals surface area contributed by atoms with E-state index in [1.54, 1.807) is 18.3 Å². The summed E-state index contributed by atoms with van der Waals surface area (Å²) in [6.45, 7) is 0.738. The van der Waals surface area contributed by atoms with Gasteiger partial charge in [-0.2, -0.15) is 5.26 Å². The first kappa shape index (κ1) is 11.9. The van der Waals surface area contributed by atoms with Gasteiger partial charge in [-0.1, -0.05) is 25.7 Å². The van der Waals surface area contributed by atoms with Crippen LogP contribution in [0.2, 0.25) is 0 Å². The number of aromatic nitrogens is 1. The maximum absolute atomic E-state index is 8.78. The minimum absolute atomic E-state index is 0.577. The molecule has 0 aliphatic heterocycles. The molecule has 1 aliphatic carbocycles. The van der Waals surface area contributed by atoms with Gasteiger partial charge in [-0.3, -0.25) is 0 Å². The molecule has 0 saturated heterocycles. The van der Waals surface area contributed by atoms with Crippen LogP contribution in [0.1, 0.15) is 44.1 Å². The molecule has 90 valence electrons. The predicted molar refractivity (Wildman–Crippen MR) is 65.6 cm³/mol. The lowest BCUT2D eigenvalue weighted by molar-refractivity contribution is 0.226. The van der Waals surface area contributed by atoms with Crippen molar-refractivity contribution in [3.8, 4) is 11.9 Å². The molecule has 1 fully saturated rings. The van der Waals surface area contributed by atoms with Crippen LogP contribution in [-0.4, -0.2) is 11.6 Å². The first-order valence-electron chi connectivity index (χ1n) is 6.37. The molecule has 0 bridgehead atoms. The molecule has 1 aliphatic rings. The maximum atomic E-state index is 8.78. The Labute approximate surface area is 102 Å². The molecule has 0 N–H and O–H groups in total. The molecule has 0 amide bonds. The van der Waals surface area contributed by atoms with Gasteiger partial charge in [0.25, 0.3) is 0 Å². The van der Waals surface area contributed by atoms with E-state index in [0.717, 1.165) is 6.61 Å². The third-order valence-electron chi connectivity index (χ3n) is 3.31. The zero-order valence-electron chi connectivity index (χ0n) is 10.1. The van der Waals surface area contributed by atoms with Gasteiger partial charge in [-0.25, -0.2) is 4.98 Å². The Balaban J connectivity index is 1.86. The van der Waals surface area contributed by atoms with E-state index in [2.05, 4.69) is 11.1 Å². The number of nitriles is 1. The number of ether oxygens (including phenoxy) is 1. The van der Waals surface area contributed by atoms with Crippen molar-refractivity contribution in [3.05, 3.63) is 23.9 Å². The van der Waals surface area contributed by atoms with Crippen LogP contribution in [0.3, 0.4) is 0 Å². The van der Waals surface area contributed by atoms with E-state index in [9.17, 15) is 0 Å². The topological polar surface area (TPSA) is 45.9 Å². The highest BCUT2D eigenvalue weighted by Gasteiger charge is 2.13. The fraction of sp³-hybridized carbons (Fsp3) is 0.571. The maximum Gasteiger partial charge on any atom is 0.214 e. The molecule has 1 heterocycles. The molecular weight excluding hydrogens is 212 g/mol. The van der Waals surface area contributed by atoms with Crippen LogP contribution in [0.25, 0.3) is 0 Å². The van der Waals surface area contributed by atoms with Gasteiger partial charge in [-0.05, 0) is 24.8 Å². The SMILES string of the molecule is N#Cc1ccnc(OCC2CCCCCC2)c1. The molecule has 0 spiro atoms. The van der Waals surface area contributed by atoms with Crippen LogP contribution in [0.4, 0.5) is 0 Å². The Morgan fingerprint density at radius 1 is 1.29 bits per heavy atom. The van der Waals surface area contributed by atoms with Gasteiger partial charge in [0.1, 0.15) is 0 Å². The van der Waals surface area contributed by atoms with Crippen LogP contribution >= 0.6 is 0 Å². The standard InChI is InChI=1S/C14H18N2O/c15-10-13-7-8-16-14(9-13)17-11-12-5-3-1-2-4-6-12/h7-9,12H,1-6,11H2. The van der Waals surface area contributed by atoms with E-state index < -0.39 is 0 Å². The van der Waals surface area contributed by atoms with Gasteiger partial charge in [0.05, 0.1) is 18.2 Å². The summed E-state index contributed by atoms with van der Waals surface area (Å²) in [5, 5.41) is 8.78. The van der Waals surface area contributed by atoms with E-state index in [1.807, 2.05) is 0 Å². The minimum atomic E-state index is 0.577. The van der Waals surface area contributed by atoms with Gasteiger partial charge in [-0.15, -0.1) is 0 Å². The zero-order chi connectivity index (χ0) is 11.9. The number of rotatable bonds is 3. The second-order valence-corrected chi connectivity index (χ2v) is 4.66. The molecule has 0 radical (unpaired) electrons. The molecule has 3 nitrogen and oxygen atoms in total.